The van der Waals surface area contributed by atoms with E-state index in [9.17, 15) is 9.59 Å². The number of pyridine rings is 1. The fourth-order valence-corrected chi connectivity index (χ4v) is 2.80. The predicted molar refractivity (Wildman–Crippen MR) is 120 cm³/mol. The van der Waals surface area contributed by atoms with Gasteiger partial charge in [0.25, 0.3) is 12.6 Å². The molecule has 2 rings (SSSR count). The van der Waals surface area contributed by atoms with E-state index >= 15 is 0 Å². The summed E-state index contributed by atoms with van der Waals surface area (Å²) in [4.78, 5) is 25.9. The van der Waals surface area contributed by atoms with Crippen molar-refractivity contribution in [2.75, 3.05) is 20.4 Å². The summed E-state index contributed by atoms with van der Waals surface area (Å²) in [6.07, 6.45) is 5.08. The minimum absolute atomic E-state index is 0.0726. The molecule has 0 aliphatic heterocycles. The monoisotopic (exact) mass is 464 g/mol. The average molecular weight is 465 g/mol. The zero-order valence-electron chi connectivity index (χ0n) is 19.4. The largest absolute Gasteiger partial charge is 0.748 e. The second kappa shape index (κ2) is 12.3. The maximum atomic E-state index is 12.4. The van der Waals surface area contributed by atoms with E-state index in [-0.39, 0.29) is 24.5 Å². The smallest absolute Gasteiger partial charge is 0.317 e. The van der Waals surface area contributed by atoms with Crippen LogP contribution >= 0.6 is 0 Å². The van der Waals surface area contributed by atoms with Gasteiger partial charge in [0.2, 0.25) is 0 Å². The SMILES string of the molecule is CC(C)Cc1ccc(C(C)C(=O)OC[n+]2cccc(C(=O)N(C)C)c2)cc1.CS(=O)(=O)[O-]. The van der Waals surface area contributed by atoms with E-state index in [2.05, 4.69) is 26.0 Å². The lowest BCUT2D eigenvalue weighted by Crippen LogP contribution is -2.37. The molecule has 0 saturated heterocycles. The summed E-state index contributed by atoms with van der Waals surface area (Å²) in [6, 6.07) is 11.6. The highest BCUT2D eigenvalue weighted by molar-refractivity contribution is 7.84. The van der Waals surface area contributed by atoms with Gasteiger partial charge < -0.3 is 14.2 Å². The molecule has 176 valence electrons. The number of hydrogen-bond acceptors (Lipinski definition) is 6. The van der Waals surface area contributed by atoms with Crippen LogP contribution in [0.4, 0.5) is 0 Å². The molecule has 32 heavy (non-hydrogen) atoms. The Hall–Kier alpha value is -2.78. The van der Waals surface area contributed by atoms with E-state index in [0.717, 1.165) is 12.0 Å². The second-order valence-corrected chi connectivity index (χ2v) is 9.57. The minimum Gasteiger partial charge on any atom is -0.748 e. The summed E-state index contributed by atoms with van der Waals surface area (Å²) in [5, 5.41) is 0. The van der Waals surface area contributed by atoms with Crippen molar-refractivity contribution in [3.05, 3.63) is 65.5 Å². The summed E-state index contributed by atoms with van der Waals surface area (Å²) in [5.74, 6) is -0.121. The van der Waals surface area contributed by atoms with E-state index in [1.807, 2.05) is 19.1 Å². The Kier molecular flexibility index (Phi) is 10.5. The van der Waals surface area contributed by atoms with E-state index in [1.54, 1.807) is 43.2 Å². The molecular weight excluding hydrogens is 432 g/mol. The van der Waals surface area contributed by atoms with Gasteiger partial charge in [-0.15, -0.1) is 0 Å². The van der Waals surface area contributed by atoms with Crippen molar-refractivity contribution in [2.24, 2.45) is 5.92 Å². The summed E-state index contributed by atoms with van der Waals surface area (Å²) in [7, 11) is -0.512. The number of carbonyl (C=O) groups is 2. The number of ether oxygens (including phenoxy) is 1. The molecule has 0 spiro atoms. The molecule has 8 nitrogen and oxygen atoms in total. The van der Waals surface area contributed by atoms with Crippen LogP contribution in [0.2, 0.25) is 0 Å². The maximum Gasteiger partial charge on any atom is 0.317 e. The van der Waals surface area contributed by atoms with Gasteiger partial charge in [-0.25, -0.2) is 8.42 Å². The van der Waals surface area contributed by atoms with Gasteiger partial charge in [-0.3, -0.25) is 9.59 Å². The molecule has 0 radical (unpaired) electrons. The number of rotatable bonds is 7. The molecule has 1 atom stereocenters. The fourth-order valence-electron chi connectivity index (χ4n) is 2.80. The number of benzene rings is 1. The Morgan fingerprint density at radius 1 is 1.09 bits per heavy atom. The Labute approximate surface area is 190 Å². The molecule has 1 aromatic heterocycles. The topological polar surface area (TPSA) is 108 Å². The number of carbonyl (C=O) groups excluding carboxylic acids is 2. The third-order valence-electron chi connectivity index (χ3n) is 4.34. The van der Waals surface area contributed by atoms with Gasteiger partial charge >= 0.3 is 5.97 Å². The van der Waals surface area contributed by atoms with Crippen LogP contribution in [0, 0.1) is 5.92 Å². The van der Waals surface area contributed by atoms with Crippen molar-refractivity contribution in [2.45, 2.75) is 39.8 Å². The summed E-state index contributed by atoms with van der Waals surface area (Å²) >= 11 is 0. The van der Waals surface area contributed by atoms with Crippen LogP contribution in [-0.4, -0.2) is 50.1 Å². The molecule has 1 heterocycles. The average Bonchev–Trinajstić information content (AvgIpc) is 2.70. The van der Waals surface area contributed by atoms with Crippen LogP contribution in [0.15, 0.2) is 48.8 Å². The van der Waals surface area contributed by atoms with Gasteiger partial charge in [0.15, 0.2) is 12.4 Å². The van der Waals surface area contributed by atoms with Crippen LogP contribution in [0.25, 0.3) is 0 Å². The van der Waals surface area contributed by atoms with Crippen molar-refractivity contribution in [3.63, 3.8) is 0 Å². The first-order chi connectivity index (χ1) is 14.8. The number of esters is 1. The standard InChI is InChI=1S/C22H29N2O3.CH4O3S/c1-16(2)13-18-8-10-19(11-9-18)17(3)22(26)27-15-24-12-6-7-20(14-24)21(25)23(4)5;1-5(2,3)4/h6-12,14,16-17H,13,15H2,1-5H3;1H3,(H,2,3,4)/q+1;/p-1. The summed E-state index contributed by atoms with van der Waals surface area (Å²) in [6.45, 7) is 6.29. The number of nitrogens with zero attached hydrogens (tertiary/aromatic N) is 2. The van der Waals surface area contributed by atoms with E-state index < -0.39 is 10.1 Å². The fraction of sp³-hybridized carbons (Fsp3) is 0.435. The first-order valence-electron chi connectivity index (χ1n) is 10.1. The molecule has 9 heteroatoms. The zero-order valence-corrected chi connectivity index (χ0v) is 20.3. The highest BCUT2D eigenvalue weighted by atomic mass is 32.2. The first kappa shape index (κ1) is 27.3. The van der Waals surface area contributed by atoms with E-state index in [4.69, 9.17) is 17.7 Å². The van der Waals surface area contributed by atoms with E-state index in [1.165, 1.54) is 10.5 Å². The first-order valence-corrected chi connectivity index (χ1v) is 12.0. The van der Waals surface area contributed by atoms with Crippen LogP contribution in [-0.2, 0) is 32.8 Å². The van der Waals surface area contributed by atoms with Crippen molar-refractivity contribution in [1.29, 1.82) is 0 Å². The Morgan fingerprint density at radius 3 is 2.16 bits per heavy atom. The molecule has 0 fully saturated rings. The lowest BCUT2D eigenvalue weighted by molar-refractivity contribution is -0.727. The van der Waals surface area contributed by atoms with Gasteiger partial charge in [-0.1, -0.05) is 38.1 Å². The van der Waals surface area contributed by atoms with Gasteiger partial charge in [0, 0.05) is 26.4 Å². The number of hydrogen-bond donors (Lipinski definition) is 0. The molecule has 0 aliphatic carbocycles. The minimum atomic E-state index is -3.92. The van der Waals surface area contributed by atoms with Crippen molar-refractivity contribution in [1.82, 2.24) is 4.90 Å². The van der Waals surface area contributed by atoms with Crippen molar-refractivity contribution >= 4 is 22.0 Å². The summed E-state index contributed by atoms with van der Waals surface area (Å²) < 4.78 is 34.4. The molecule has 0 bridgehead atoms. The molecule has 0 saturated carbocycles. The molecule has 2 aromatic rings. The second-order valence-electron chi connectivity index (χ2n) is 8.16. The zero-order chi connectivity index (χ0) is 24.5. The van der Waals surface area contributed by atoms with Gasteiger partial charge in [-0.05, 0) is 36.5 Å². The number of aromatic nitrogens is 1. The molecule has 0 aliphatic rings. The number of amides is 1. The highest BCUT2D eigenvalue weighted by Crippen LogP contribution is 2.19. The highest BCUT2D eigenvalue weighted by Gasteiger charge is 2.19. The molecule has 0 N–H and O–H groups in total. The molecule has 1 amide bonds. The van der Waals surface area contributed by atoms with Gasteiger partial charge in [0.1, 0.15) is 5.56 Å². The van der Waals surface area contributed by atoms with Gasteiger partial charge in [0.05, 0.1) is 16.0 Å². The summed E-state index contributed by atoms with van der Waals surface area (Å²) in [5.41, 5.74) is 2.76. The maximum absolute atomic E-state index is 12.4. The molecule has 1 aromatic carbocycles. The van der Waals surface area contributed by atoms with Crippen LogP contribution in [0.3, 0.4) is 0 Å². The molecular formula is C23H32N2O6S. The van der Waals surface area contributed by atoms with E-state index in [0.29, 0.717) is 17.7 Å². The lowest BCUT2D eigenvalue weighted by atomic mass is 9.97. The normalized spacial score (nSPS) is 11.9. The van der Waals surface area contributed by atoms with Crippen molar-refractivity contribution in [3.8, 4) is 0 Å². The quantitative estimate of drug-likeness (QED) is 0.354. The third-order valence-corrected chi connectivity index (χ3v) is 4.34. The predicted octanol–water partition coefficient (Wildman–Crippen LogP) is 2.34. The molecule has 1 unspecified atom stereocenters. The third kappa shape index (κ3) is 10.5. The van der Waals surface area contributed by atoms with Crippen LogP contribution < -0.4 is 4.57 Å². The lowest BCUT2D eigenvalue weighted by Gasteiger charge is -2.12. The Balaban J connectivity index is 0.000000920. The van der Waals surface area contributed by atoms with Gasteiger partial charge in [-0.2, -0.15) is 4.57 Å². The van der Waals surface area contributed by atoms with Crippen LogP contribution in [0.5, 0.6) is 0 Å². The van der Waals surface area contributed by atoms with Crippen molar-refractivity contribution < 1.29 is 31.9 Å². The Bertz CT molecular complexity index is 993. The Morgan fingerprint density at radius 2 is 1.66 bits per heavy atom. The van der Waals surface area contributed by atoms with Crippen LogP contribution in [0.1, 0.15) is 48.2 Å².